The van der Waals surface area contributed by atoms with Gasteiger partial charge in [-0.05, 0) is 0 Å². The first-order valence-corrected chi connectivity index (χ1v) is 4.00. The molecular weight excluding hydrogens is 170 g/mol. The molecular formula is C9H7NOS. The molecule has 1 heterocycles. The van der Waals surface area contributed by atoms with E-state index in [1.807, 2.05) is 30.3 Å². The Morgan fingerprint density at radius 3 is 2.50 bits per heavy atom. The number of rotatable bonds is 1. The lowest BCUT2D eigenvalue weighted by Crippen LogP contribution is -1.76. The maximum atomic E-state index is 4.97. The van der Waals surface area contributed by atoms with Crippen molar-refractivity contribution in [3.05, 3.63) is 36.7 Å². The summed E-state index contributed by atoms with van der Waals surface area (Å²) in [5.41, 5.74) is 1.81. The monoisotopic (exact) mass is 177 g/mol. The van der Waals surface area contributed by atoms with Gasteiger partial charge in [-0.3, -0.25) is 0 Å². The molecule has 1 aromatic carbocycles. The lowest BCUT2D eigenvalue weighted by Gasteiger charge is -1.94. The molecule has 0 aliphatic heterocycles. The van der Waals surface area contributed by atoms with Gasteiger partial charge in [-0.1, -0.05) is 30.3 Å². The smallest absolute Gasteiger partial charge is 0.185 e. The zero-order valence-corrected chi connectivity index (χ0v) is 7.16. The van der Waals surface area contributed by atoms with E-state index in [9.17, 15) is 0 Å². The number of thiol groups is 1. The largest absolute Gasteiger partial charge is 0.437 e. The Bertz CT molecular complexity index is 369. The SMILES string of the molecule is Sc1ocnc1-c1ccccc1. The van der Waals surface area contributed by atoms with Gasteiger partial charge in [0.05, 0.1) is 0 Å². The lowest BCUT2D eigenvalue weighted by molar-refractivity contribution is 0.473. The Labute approximate surface area is 75.7 Å². The third-order valence-electron chi connectivity index (χ3n) is 1.60. The van der Waals surface area contributed by atoms with Crippen molar-refractivity contribution in [3.8, 4) is 11.3 Å². The normalized spacial score (nSPS) is 10.1. The first-order chi connectivity index (χ1) is 5.88. The summed E-state index contributed by atoms with van der Waals surface area (Å²) in [5.74, 6) is 0. The van der Waals surface area contributed by atoms with Gasteiger partial charge < -0.3 is 4.42 Å². The van der Waals surface area contributed by atoms with E-state index in [2.05, 4.69) is 17.6 Å². The Hall–Kier alpha value is -1.22. The summed E-state index contributed by atoms with van der Waals surface area (Å²) in [6.07, 6.45) is 1.39. The second kappa shape index (κ2) is 3.03. The number of hydrogen-bond acceptors (Lipinski definition) is 3. The molecule has 12 heavy (non-hydrogen) atoms. The molecule has 0 aliphatic rings. The summed E-state index contributed by atoms with van der Waals surface area (Å²) in [6.45, 7) is 0. The summed E-state index contributed by atoms with van der Waals surface area (Å²) >= 11 is 4.13. The second-order valence-electron chi connectivity index (χ2n) is 2.37. The number of nitrogens with zero attached hydrogens (tertiary/aromatic N) is 1. The Balaban J connectivity index is 2.51. The molecule has 1 aromatic heterocycles. The van der Waals surface area contributed by atoms with Gasteiger partial charge >= 0.3 is 0 Å². The van der Waals surface area contributed by atoms with Crippen LogP contribution in [0.4, 0.5) is 0 Å². The minimum absolute atomic E-state index is 0.557. The second-order valence-corrected chi connectivity index (χ2v) is 2.78. The molecule has 0 radical (unpaired) electrons. The minimum Gasteiger partial charge on any atom is -0.437 e. The molecule has 0 fully saturated rings. The fraction of sp³-hybridized carbons (Fsp3) is 0. The molecule has 2 aromatic rings. The van der Waals surface area contributed by atoms with Gasteiger partial charge in [0.1, 0.15) is 5.69 Å². The van der Waals surface area contributed by atoms with Crippen molar-refractivity contribution in [3.63, 3.8) is 0 Å². The fourth-order valence-corrected chi connectivity index (χ4v) is 1.27. The van der Waals surface area contributed by atoms with E-state index in [0.717, 1.165) is 11.3 Å². The van der Waals surface area contributed by atoms with Crippen molar-refractivity contribution in [2.45, 2.75) is 5.09 Å². The van der Waals surface area contributed by atoms with Crippen LogP contribution in [0.25, 0.3) is 11.3 Å². The van der Waals surface area contributed by atoms with Crippen LogP contribution < -0.4 is 0 Å². The van der Waals surface area contributed by atoms with Crippen LogP contribution in [0.2, 0.25) is 0 Å². The van der Waals surface area contributed by atoms with E-state index in [1.165, 1.54) is 6.39 Å². The van der Waals surface area contributed by atoms with E-state index in [-0.39, 0.29) is 0 Å². The highest BCUT2D eigenvalue weighted by atomic mass is 32.1. The third-order valence-corrected chi connectivity index (χ3v) is 1.91. The standard InChI is InChI=1S/C9H7NOS/c12-9-8(10-6-11-9)7-4-2-1-3-5-7/h1-6,12H. The van der Waals surface area contributed by atoms with Gasteiger partial charge in [-0.2, -0.15) is 0 Å². The van der Waals surface area contributed by atoms with E-state index in [1.54, 1.807) is 0 Å². The average Bonchev–Trinajstić information content (AvgIpc) is 2.53. The molecule has 0 bridgehead atoms. The predicted octanol–water partition coefficient (Wildman–Crippen LogP) is 2.63. The van der Waals surface area contributed by atoms with Crippen molar-refractivity contribution in [1.82, 2.24) is 4.98 Å². The van der Waals surface area contributed by atoms with Crippen LogP contribution in [0.5, 0.6) is 0 Å². The van der Waals surface area contributed by atoms with Crippen LogP contribution >= 0.6 is 12.6 Å². The highest BCUT2D eigenvalue weighted by Crippen LogP contribution is 2.23. The Morgan fingerprint density at radius 2 is 1.92 bits per heavy atom. The number of hydrogen-bond donors (Lipinski definition) is 1. The van der Waals surface area contributed by atoms with Crippen LogP contribution in [-0.2, 0) is 0 Å². The number of oxazole rings is 1. The topological polar surface area (TPSA) is 26.0 Å². The molecule has 3 heteroatoms. The summed E-state index contributed by atoms with van der Waals surface area (Å²) < 4.78 is 4.97. The molecule has 60 valence electrons. The first-order valence-electron chi connectivity index (χ1n) is 3.56. The van der Waals surface area contributed by atoms with Crippen molar-refractivity contribution >= 4 is 12.6 Å². The molecule has 0 N–H and O–H groups in total. The molecule has 0 spiro atoms. The van der Waals surface area contributed by atoms with Gasteiger partial charge in [-0.15, -0.1) is 12.6 Å². The van der Waals surface area contributed by atoms with E-state index in [4.69, 9.17) is 4.42 Å². The molecule has 0 unspecified atom stereocenters. The molecule has 2 nitrogen and oxygen atoms in total. The highest BCUT2D eigenvalue weighted by molar-refractivity contribution is 7.80. The number of aromatic nitrogens is 1. The number of benzene rings is 1. The zero-order chi connectivity index (χ0) is 8.39. The fourth-order valence-electron chi connectivity index (χ4n) is 1.03. The Morgan fingerprint density at radius 1 is 1.17 bits per heavy atom. The van der Waals surface area contributed by atoms with Gasteiger partial charge in [0.2, 0.25) is 0 Å². The lowest BCUT2D eigenvalue weighted by atomic mass is 10.2. The van der Waals surface area contributed by atoms with Crippen LogP contribution in [0.1, 0.15) is 0 Å². The zero-order valence-electron chi connectivity index (χ0n) is 6.27. The van der Waals surface area contributed by atoms with Gasteiger partial charge in [-0.25, -0.2) is 4.98 Å². The van der Waals surface area contributed by atoms with Crippen LogP contribution in [0.15, 0.2) is 46.2 Å². The average molecular weight is 177 g/mol. The van der Waals surface area contributed by atoms with Crippen LogP contribution in [-0.4, -0.2) is 4.98 Å². The van der Waals surface area contributed by atoms with Crippen molar-refractivity contribution in [2.24, 2.45) is 0 Å². The molecule has 0 saturated heterocycles. The summed E-state index contributed by atoms with van der Waals surface area (Å²) in [7, 11) is 0. The Kier molecular flexibility index (Phi) is 1.87. The maximum Gasteiger partial charge on any atom is 0.185 e. The van der Waals surface area contributed by atoms with Crippen LogP contribution in [0, 0.1) is 0 Å². The summed E-state index contributed by atoms with van der Waals surface area (Å²) in [4.78, 5) is 4.04. The molecule has 0 atom stereocenters. The minimum atomic E-state index is 0.557. The van der Waals surface area contributed by atoms with E-state index >= 15 is 0 Å². The van der Waals surface area contributed by atoms with Gasteiger partial charge in [0, 0.05) is 5.56 Å². The summed E-state index contributed by atoms with van der Waals surface area (Å²) in [6, 6.07) is 9.81. The molecule has 0 aliphatic carbocycles. The van der Waals surface area contributed by atoms with E-state index < -0.39 is 0 Å². The third kappa shape index (κ3) is 1.23. The maximum absolute atomic E-state index is 4.97. The van der Waals surface area contributed by atoms with E-state index in [0.29, 0.717) is 5.09 Å². The molecule has 0 saturated carbocycles. The van der Waals surface area contributed by atoms with Crippen molar-refractivity contribution < 1.29 is 4.42 Å². The quantitative estimate of drug-likeness (QED) is 0.677. The van der Waals surface area contributed by atoms with Crippen LogP contribution in [0.3, 0.4) is 0 Å². The highest BCUT2D eigenvalue weighted by Gasteiger charge is 2.04. The molecule has 2 rings (SSSR count). The predicted molar refractivity (Wildman–Crippen MR) is 49.2 cm³/mol. The van der Waals surface area contributed by atoms with Crippen molar-refractivity contribution in [1.29, 1.82) is 0 Å². The molecule has 0 amide bonds. The first kappa shape index (κ1) is 7.43. The van der Waals surface area contributed by atoms with Gasteiger partial charge in [0.25, 0.3) is 0 Å². The van der Waals surface area contributed by atoms with Gasteiger partial charge in [0.15, 0.2) is 11.5 Å². The van der Waals surface area contributed by atoms with Crippen molar-refractivity contribution in [2.75, 3.05) is 0 Å². The summed E-state index contributed by atoms with van der Waals surface area (Å²) in [5, 5.41) is 0.557.